The molecular weight excluding hydrogens is 238 g/mol. The van der Waals surface area contributed by atoms with E-state index >= 15 is 0 Å². The van der Waals surface area contributed by atoms with E-state index in [0.29, 0.717) is 13.1 Å². The number of nitro groups is 1. The molecule has 0 aliphatic rings. The smallest absolute Gasteiger partial charge is 0.312 e. The first kappa shape index (κ1) is 13.8. The predicted octanol–water partition coefficient (Wildman–Crippen LogP) is 0.240. The Labute approximate surface area is 104 Å². The van der Waals surface area contributed by atoms with Gasteiger partial charge in [-0.2, -0.15) is 0 Å². The average molecular weight is 253 g/mol. The molecule has 0 spiro atoms. The summed E-state index contributed by atoms with van der Waals surface area (Å²) in [4.78, 5) is 25.0. The molecule has 0 aromatic carbocycles. The first-order valence-electron chi connectivity index (χ1n) is 5.44. The van der Waals surface area contributed by atoms with E-state index in [9.17, 15) is 14.9 Å². The Morgan fingerprint density at radius 1 is 1.50 bits per heavy atom. The van der Waals surface area contributed by atoms with Gasteiger partial charge in [0.1, 0.15) is 0 Å². The van der Waals surface area contributed by atoms with Gasteiger partial charge in [-0.1, -0.05) is 0 Å². The minimum absolute atomic E-state index is 0.00853. The maximum absolute atomic E-state index is 10.9. The van der Waals surface area contributed by atoms with Crippen molar-refractivity contribution in [1.29, 1.82) is 0 Å². The lowest BCUT2D eigenvalue weighted by Gasteiger charge is -2.06. The molecule has 18 heavy (non-hydrogen) atoms. The van der Waals surface area contributed by atoms with E-state index in [0.717, 1.165) is 18.9 Å². The van der Waals surface area contributed by atoms with Crippen LogP contribution >= 0.6 is 0 Å². The van der Waals surface area contributed by atoms with Crippen LogP contribution in [0.3, 0.4) is 0 Å². The van der Waals surface area contributed by atoms with E-state index < -0.39 is 10.8 Å². The third-order valence-electron chi connectivity index (χ3n) is 2.27. The average Bonchev–Trinajstić information content (AvgIpc) is 2.34. The molecule has 0 aliphatic heterocycles. The zero-order valence-electron chi connectivity index (χ0n) is 9.76. The number of nitrogens with two attached hydrogens (primary N) is 2. The molecule has 8 nitrogen and oxygen atoms in total. The number of carbonyl (C=O) groups excluding carboxylic acids is 1. The number of primary amides is 1. The minimum atomic E-state index is -0.750. The second kappa shape index (κ2) is 6.50. The van der Waals surface area contributed by atoms with Crippen LogP contribution in [0.25, 0.3) is 0 Å². The summed E-state index contributed by atoms with van der Waals surface area (Å²) >= 11 is 0. The normalized spacial score (nSPS) is 10.1. The second-order valence-corrected chi connectivity index (χ2v) is 3.64. The summed E-state index contributed by atoms with van der Waals surface area (Å²) in [5.74, 6) is -0.623. The van der Waals surface area contributed by atoms with Crippen LogP contribution in [0.15, 0.2) is 12.3 Å². The Hall–Kier alpha value is -2.22. The van der Waals surface area contributed by atoms with E-state index in [1.54, 1.807) is 0 Å². The van der Waals surface area contributed by atoms with Gasteiger partial charge in [-0.15, -0.1) is 0 Å². The van der Waals surface area contributed by atoms with Crippen LogP contribution in [0, 0.1) is 10.1 Å². The summed E-state index contributed by atoms with van der Waals surface area (Å²) in [7, 11) is 0. The molecule has 0 saturated heterocycles. The van der Waals surface area contributed by atoms with E-state index in [4.69, 9.17) is 11.5 Å². The Balaban J connectivity index is 2.83. The molecule has 0 saturated carbocycles. The maximum atomic E-state index is 10.9. The van der Waals surface area contributed by atoms with Crippen molar-refractivity contribution in [2.45, 2.75) is 12.8 Å². The van der Waals surface area contributed by atoms with Gasteiger partial charge < -0.3 is 16.8 Å². The SMILES string of the molecule is NCCCCNc1ncc(C(N)=O)cc1[N+](=O)[O-]. The van der Waals surface area contributed by atoms with Crippen LogP contribution in [-0.2, 0) is 0 Å². The van der Waals surface area contributed by atoms with Crippen molar-refractivity contribution in [3.8, 4) is 0 Å². The van der Waals surface area contributed by atoms with Gasteiger partial charge in [-0.3, -0.25) is 14.9 Å². The van der Waals surface area contributed by atoms with Gasteiger partial charge >= 0.3 is 5.69 Å². The van der Waals surface area contributed by atoms with Crippen LogP contribution in [-0.4, -0.2) is 28.9 Å². The fourth-order valence-corrected chi connectivity index (χ4v) is 1.34. The first-order chi connectivity index (χ1) is 8.56. The molecule has 1 amide bonds. The molecular formula is C10H15N5O3. The molecule has 0 atom stereocenters. The molecule has 5 N–H and O–H groups in total. The van der Waals surface area contributed by atoms with Gasteiger partial charge in [-0.25, -0.2) is 4.98 Å². The standard InChI is InChI=1S/C10H15N5O3/c11-3-1-2-4-13-10-8(15(17)18)5-7(6-14-10)9(12)16/h5-6H,1-4,11H2,(H2,12,16)(H,13,14). The number of anilines is 1. The van der Waals surface area contributed by atoms with Crippen molar-refractivity contribution >= 4 is 17.4 Å². The van der Waals surface area contributed by atoms with Crippen LogP contribution in [0.5, 0.6) is 0 Å². The number of nitrogens with zero attached hydrogens (tertiary/aromatic N) is 2. The highest BCUT2D eigenvalue weighted by Gasteiger charge is 2.17. The lowest BCUT2D eigenvalue weighted by Crippen LogP contribution is -2.13. The monoisotopic (exact) mass is 253 g/mol. The quantitative estimate of drug-likeness (QED) is 0.361. The number of rotatable bonds is 7. The van der Waals surface area contributed by atoms with Crippen LogP contribution in [0.1, 0.15) is 23.2 Å². The Morgan fingerprint density at radius 2 is 2.22 bits per heavy atom. The number of hydrogen-bond donors (Lipinski definition) is 3. The molecule has 0 radical (unpaired) electrons. The fourth-order valence-electron chi connectivity index (χ4n) is 1.34. The molecule has 0 aliphatic carbocycles. The second-order valence-electron chi connectivity index (χ2n) is 3.64. The number of amides is 1. The summed E-state index contributed by atoms with van der Waals surface area (Å²) in [6, 6.07) is 1.11. The molecule has 1 heterocycles. The van der Waals surface area contributed by atoms with Gasteiger partial charge in [0.25, 0.3) is 5.91 Å². The molecule has 1 aromatic rings. The van der Waals surface area contributed by atoms with E-state index in [1.807, 2.05) is 0 Å². The van der Waals surface area contributed by atoms with E-state index in [1.165, 1.54) is 6.20 Å². The maximum Gasteiger partial charge on any atom is 0.312 e. The van der Waals surface area contributed by atoms with Gasteiger partial charge in [0.2, 0.25) is 5.82 Å². The highest BCUT2D eigenvalue weighted by atomic mass is 16.6. The van der Waals surface area contributed by atoms with Crippen LogP contribution in [0.4, 0.5) is 11.5 Å². The third-order valence-corrected chi connectivity index (χ3v) is 2.27. The third kappa shape index (κ3) is 3.67. The Kier molecular flexibility index (Phi) is 5.00. The van der Waals surface area contributed by atoms with Crippen molar-refractivity contribution in [1.82, 2.24) is 4.98 Å². The van der Waals surface area contributed by atoms with Crippen LogP contribution < -0.4 is 16.8 Å². The molecule has 0 fully saturated rings. The van der Waals surface area contributed by atoms with Crippen LogP contribution in [0.2, 0.25) is 0 Å². The Bertz CT molecular complexity index is 449. The molecule has 0 unspecified atom stereocenters. The number of unbranched alkanes of at least 4 members (excludes halogenated alkanes) is 1. The van der Waals surface area contributed by atoms with Gasteiger partial charge in [0.15, 0.2) is 0 Å². The van der Waals surface area contributed by atoms with E-state index in [-0.39, 0.29) is 17.1 Å². The van der Waals surface area contributed by atoms with E-state index in [2.05, 4.69) is 10.3 Å². The number of carbonyl (C=O) groups is 1. The highest BCUT2D eigenvalue weighted by molar-refractivity contribution is 5.93. The fraction of sp³-hybridized carbons (Fsp3) is 0.400. The van der Waals surface area contributed by atoms with Crippen molar-refractivity contribution < 1.29 is 9.72 Å². The highest BCUT2D eigenvalue weighted by Crippen LogP contribution is 2.22. The summed E-state index contributed by atoms with van der Waals surface area (Å²) in [5.41, 5.74) is 10.1. The largest absolute Gasteiger partial charge is 0.366 e. The first-order valence-corrected chi connectivity index (χ1v) is 5.44. The number of hydrogen-bond acceptors (Lipinski definition) is 6. The predicted molar refractivity (Wildman–Crippen MR) is 66.2 cm³/mol. The molecule has 8 heteroatoms. The zero-order valence-corrected chi connectivity index (χ0v) is 9.76. The molecule has 1 aromatic heterocycles. The van der Waals surface area contributed by atoms with Crippen molar-refractivity contribution in [2.24, 2.45) is 11.5 Å². The topological polar surface area (TPSA) is 137 Å². The summed E-state index contributed by atoms with van der Waals surface area (Å²) in [6.45, 7) is 1.10. The lowest BCUT2D eigenvalue weighted by molar-refractivity contribution is -0.384. The zero-order chi connectivity index (χ0) is 13.5. The molecule has 0 bridgehead atoms. The van der Waals surface area contributed by atoms with Gasteiger partial charge in [0, 0.05) is 18.8 Å². The van der Waals surface area contributed by atoms with Gasteiger partial charge in [0.05, 0.1) is 10.5 Å². The number of nitrogens with one attached hydrogen (secondary N) is 1. The number of aromatic nitrogens is 1. The Morgan fingerprint density at radius 3 is 2.78 bits per heavy atom. The number of pyridine rings is 1. The molecule has 1 rings (SSSR count). The summed E-state index contributed by atoms with van der Waals surface area (Å²) < 4.78 is 0. The lowest BCUT2D eigenvalue weighted by atomic mass is 10.2. The van der Waals surface area contributed by atoms with Crippen molar-refractivity contribution in [2.75, 3.05) is 18.4 Å². The van der Waals surface area contributed by atoms with Crippen molar-refractivity contribution in [3.05, 3.63) is 27.9 Å². The summed E-state index contributed by atoms with van der Waals surface area (Å²) in [6.07, 6.45) is 2.81. The van der Waals surface area contributed by atoms with Gasteiger partial charge in [-0.05, 0) is 19.4 Å². The summed E-state index contributed by atoms with van der Waals surface area (Å²) in [5, 5.41) is 13.7. The molecule has 98 valence electrons. The minimum Gasteiger partial charge on any atom is -0.366 e. The van der Waals surface area contributed by atoms with Crippen molar-refractivity contribution in [3.63, 3.8) is 0 Å².